The van der Waals surface area contributed by atoms with Gasteiger partial charge in [-0.15, -0.1) is 36.2 Å². The van der Waals surface area contributed by atoms with Gasteiger partial charge in [-0.05, 0) is 19.1 Å². The molecule has 6 heteroatoms. The summed E-state index contributed by atoms with van der Waals surface area (Å²) >= 11 is 7.62. The number of hydrogen-bond donors (Lipinski definition) is 1. The van der Waals surface area contributed by atoms with Gasteiger partial charge in [0.05, 0.1) is 4.34 Å². The number of rotatable bonds is 2. The first-order valence-electron chi connectivity index (χ1n) is 4.97. The number of thiophene rings is 1. The minimum Gasteiger partial charge on any atom is -0.314 e. The lowest BCUT2D eigenvalue weighted by Crippen LogP contribution is -2.44. The Morgan fingerprint density at radius 3 is 2.44 bits per heavy atom. The Kier molecular flexibility index (Phi) is 7.98. The highest BCUT2D eigenvalue weighted by Crippen LogP contribution is 2.30. The van der Waals surface area contributed by atoms with Crippen LogP contribution in [-0.2, 0) is 0 Å². The van der Waals surface area contributed by atoms with Crippen LogP contribution in [0.1, 0.15) is 17.8 Å². The molecule has 0 amide bonds. The lowest BCUT2D eigenvalue weighted by Gasteiger charge is -2.32. The van der Waals surface area contributed by atoms with E-state index < -0.39 is 0 Å². The molecule has 0 bridgehead atoms. The van der Waals surface area contributed by atoms with Crippen molar-refractivity contribution < 1.29 is 0 Å². The fourth-order valence-electron chi connectivity index (χ4n) is 1.80. The van der Waals surface area contributed by atoms with Crippen LogP contribution in [0.5, 0.6) is 0 Å². The van der Waals surface area contributed by atoms with Crippen LogP contribution in [0.3, 0.4) is 0 Å². The summed E-state index contributed by atoms with van der Waals surface area (Å²) in [5.74, 6) is 0. The largest absolute Gasteiger partial charge is 0.314 e. The van der Waals surface area contributed by atoms with Gasteiger partial charge in [-0.2, -0.15) is 0 Å². The van der Waals surface area contributed by atoms with E-state index in [-0.39, 0.29) is 24.8 Å². The maximum absolute atomic E-state index is 5.93. The predicted octanol–water partition coefficient (Wildman–Crippen LogP) is 3.21. The number of halogens is 3. The maximum Gasteiger partial charge on any atom is 0.0931 e. The quantitative estimate of drug-likeness (QED) is 0.902. The Labute approximate surface area is 118 Å². The number of hydrogen-bond acceptors (Lipinski definition) is 3. The van der Waals surface area contributed by atoms with Crippen molar-refractivity contribution in [3.05, 3.63) is 21.3 Å². The van der Waals surface area contributed by atoms with Gasteiger partial charge in [0.2, 0.25) is 0 Å². The van der Waals surface area contributed by atoms with Crippen LogP contribution in [0.2, 0.25) is 4.34 Å². The van der Waals surface area contributed by atoms with Gasteiger partial charge in [0, 0.05) is 37.1 Å². The Morgan fingerprint density at radius 1 is 1.31 bits per heavy atom. The summed E-state index contributed by atoms with van der Waals surface area (Å²) in [4.78, 5) is 3.87. The zero-order valence-corrected chi connectivity index (χ0v) is 12.3. The maximum atomic E-state index is 5.93. The average Bonchev–Trinajstić information content (AvgIpc) is 2.65. The van der Waals surface area contributed by atoms with E-state index in [9.17, 15) is 0 Å². The molecule has 1 atom stereocenters. The molecule has 0 spiro atoms. The first-order valence-corrected chi connectivity index (χ1v) is 6.17. The van der Waals surface area contributed by atoms with Gasteiger partial charge in [-0.3, -0.25) is 4.90 Å². The molecule has 16 heavy (non-hydrogen) atoms. The summed E-state index contributed by atoms with van der Waals surface area (Å²) in [5.41, 5.74) is 0. The molecule has 0 aliphatic carbocycles. The fourth-order valence-corrected chi connectivity index (χ4v) is 2.95. The van der Waals surface area contributed by atoms with Crippen molar-refractivity contribution in [3.8, 4) is 0 Å². The van der Waals surface area contributed by atoms with Crippen LogP contribution in [0, 0.1) is 0 Å². The predicted molar refractivity (Wildman–Crippen MR) is 76.7 cm³/mol. The van der Waals surface area contributed by atoms with Gasteiger partial charge in [0.1, 0.15) is 0 Å². The summed E-state index contributed by atoms with van der Waals surface area (Å²) < 4.78 is 0.891. The van der Waals surface area contributed by atoms with E-state index in [1.807, 2.05) is 6.07 Å². The number of nitrogens with zero attached hydrogens (tertiary/aromatic N) is 1. The minimum atomic E-state index is 0. The van der Waals surface area contributed by atoms with Gasteiger partial charge in [-0.25, -0.2) is 0 Å². The van der Waals surface area contributed by atoms with Crippen molar-refractivity contribution in [1.29, 1.82) is 0 Å². The third-order valence-corrected chi connectivity index (χ3v) is 4.11. The van der Waals surface area contributed by atoms with Crippen LogP contribution < -0.4 is 5.32 Å². The molecule has 0 saturated carbocycles. The third kappa shape index (κ3) is 4.06. The van der Waals surface area contributed by atoms with Crippen LogP contribution in [0.15, 0.2) is 12.1 Å². The Hall–Kier alpha value is 0.490. The second-order valence-electron chi connectivity index (χ2n) is 3.60. The first-order chi connectivity index (χ1) is 6.77. The number of nitrogens with one attached hydrogen (secondary N) is 1. The Morgan fingerprint density at radius 2 is 1.94 bits per heavy atom. The van der Waals surface area contributed by atoms with Crippen molar-refractivity contribution >= 4 is 47.8 Å². The molecule has 2 rings (SSSR count). The Bertz CT molecular complexity index is 300. The van der Waals surface area contributed by atoms with E-state index in [0.717, 1.165) is 30.5 Å². The zero-order valence-electron chi connectivity index (χ0n) is 9.11. The van der Waals surface area contributed by atoms with E-state index in [1.54, 1.807) is 11.3 Å². The van der Waals surface area contributed by atoms with Crippen LogP contribution in [0.25, 0.3) is 0 Å². The van der Waals surface area contributed by atoms with E-state index in [2.05, 4.69) is 23.2 Å². The molecule has 1 aromatic rings. The lowest BCUT2D eigenvalue weighted by atomic mass is 10.2. The molecule has 1 fully saturated rings. The molecule has 0 aromatic carbocycles. The highest BCUT2D eigenvalue weighted by molar-refractivity contribution is 7.16. The van der Waals surface area contributed by atoms with Gasteiger partial charge in [-0.1, -0.05) is 11.6 Å². The van der Waals surface area contributed by atoms with Gasteiger partial charge in [0.25, 0.3) is 0 Å². The molecule has 94 valence electrons. The Balaban J connectivity index is 0.00000112. The van der Waals surface area contributed by atoms with Crippen molar-refractivity contribution in [2.75, 3.05) is 26.2 Å². The standard InChI is InChI=1S/C10H15ClN2S.2ClH/c1-8(9-2-3-10(11)14-9)13-6-4-12-5-7-13;;/h2-3,8,12H,4-7H2,1H3;2*1H/t8-;;/m1../s1. The van der Waals surface area contributed by atoms with Crippen molar-refractivity contribution in [1.82, 2.24) is 10.2 Å². The third-order valence-electron chi connectivity index (χ3n) is 2.71. The SMILES string of the molecule is C[C@H](c1ccc(Cl)s1)N1CCNCC1.Cl.Cl. The monoisotopic (exact) mass is 302 g/mol. The molecule has 1 aliphatic heterocycles. The van der Waals surface area contributed by atoms with E-state index in [1.165, 1.54) is 4.88 Å². The highest BCUT2D eigenvalue weighted by Gasteiger charge is 2.18. The topological polar surface area (TPSA) is 15.3 Å². The summed E-state index contributed by atoms with van der Waals surface area (Å²) in [7, 11) is 0. The van der Waals surface area contributed by atoms with Crippen LogP contribution in [-0.4, -0.2) is 31.1 Å². The second-order valence-corrected chi connectivity index (χ2v) is 5.35. The highest BCUT2D eigenvalue weighted by atomic mass is 35.5. The molecular formula is C10H17Cl3N2S. The van der Waals surface area contributed by atoms with E-state index >= 15 is 0 Å². The van der Waals surface area contributed by atoms with Gasteiger partial charge < -0.3 is 5.32 Å². The molecule has 1 saturated heterocycles. The molecule has 1 aromatic heterocycles. The molecule has 2 heterocycles. The smallest absolute Gasteiger partial charge is 0.0931 e. The first kappa shape index (κ1) is 16.5. The van der Waals surface area contributed by atoms with Crippen molar-refractivity contribution in [2.24, 2.45) is 0 Å². The van der Waals surface area contributed by atoms with E-state index in [0.29, 0.717) is 6.04 Å². The van der Waals surface area contributed by atoms with Gasteiger partial charge >= 0.3 is 0 Å². The zero-order chi connectivity index (χ0) is 9.97. The van der Waals surface area contributed by atoms with Crippen LogP contribution in [0.4, 0.5) is 0 Å². The minimum absolute atomic E-state index is 0. The normalized spacial score (nSPS) is 18.4. The lowest BCUT2D eigenvalue weighted by molar-refractivity contribution is 0.188. The molecule has 2 nitrogen and oxygen atoms in total. The molecule has 1 aliphatic rings. The average molecular weight is 304 g/mol. The van der Waals surface area contributed by atoms with E-state index in [4.69, 9.17) is 11.6 Å². The summed E-state index contributed by atoms with van der Waals surface area (Å²) in [6, 6.07) is 4.63. The van der Waals surface area contributed by atoms with Crippen LogP contribution >= 0.6 is 47.8 Å². The molecule has 0 radical (unpaired) electrons. The number of piperazine rings is 1. The van der Waals surface area contributed by atoms with Crippen molar-refractivity contribution in [2.45, 2.75) is 13.0 Å². The van der Waals surface area contributed by atoms with Crippen molar-refractivity contribution in [3.63, 3.8) is 0 Å². The second kappa shape index (κ2) is 7.75. The fraction of sp³-hybridized carbons (Fsp3) is 0.600. The summed E-state index contributed by atoms with van der Waals surface area (Å²) in [6.45, 7) is 6.73. The van der Waals surface area contributed by atoms with Gasteiger partial charge in [0.15, 0.2) is 0 Å². The molecular weight excluding hydrogens is 287 g/mol. The summed E-state index contributed by atoms with van der Waals surface area (Å²) in [5, 5.41) is 3.36. The molecule has 1 N–H and O–H groups in total. The molecule has 0 unspecified atom stereocenters. The summed E-state index contributed by atoms with van der Waals surface area (Å²) in [6.07, 6.45) is 0.